The number of pyridine rings is 1. The quantitative estimate of drug-likeness (QED) is 0.797. The van der Waals surface area contributed by atoms with E-state index >= 15 is 0 Å². The van der Waals surface area contributed by atoms with E-state index in [9.17, 15) is 4.79 Å². The van der Waals surface area contributed by atoms with Crippen LogP contribution in [0.1, 0.15) is 31.3 Å². The standard InChI is InChI=1S/C16H19ClN2O/c1-4-19(10-11(2)3)16(20)14-9-12-7-5-6-8-13(12)15(17)18-14/h5-9,11H,4,10H2,1-3H3. The molecule has 2 aromatic rings. The van der Waals surface area contributed by atoms with Crippen molar-refractivity contribution < 1.29 is 4.79 Å². The molecular formula is C16H19ClN2O. The van der Waals surface area contributed by atoms with Crippen molar-refractivity contribution >= 4 is 28.3 Å². The fourth-order valence-electron chi connectivity index (χ4n) is 2.22. The topological polar surface area (TPSA) is 33.2 Å². The first kappa shape index (κ1) is 14.8. The number of carbonyl (C=O) groups is 1. The second-order valence-corrected chi connectivity index (χ2v) is 5.62. The largest absolute Gasteiger partial charge is 0.337 e. The van der Waals surface area contributed by atoms with E-state index in [2.05, 4.69) is 18.8 Å². The Bertz CT molecular complexity index is 625. The fraction of sp³-hybridized carbons (Fsp3) is 0.375. The lowest BCUT2D eigenvalue weighted by Gasteiger charge is -2.22. The predicted octanol–water partition coefficient (Wildman–Crippen LogP) is 4.01. The predicted molar refractivity (Wildman–Crippen MR) is 83.2 cm³/mol. The van der Waals surface area contributed by atoms with Crippen molar-refractivity contribution in [3.63, 3.8) is 0 Å². The maximum atomic E-state index is 12.5. The van der Waals surface area contributed by atoms with Crippen LogP contribution in [0.15, 0.2) is 30.3 Å². The Morgan fingerprint density at radius 1 is 1.35 bits per heavy atom. The summed E-state index contributed by atoms with van der Waals surface area (Å²) in [7, 11) is 0. The highest BCUT2D eigenvalue weighted by molar-refractivity contribution is 6.34. The molecule has 0 radical (unpaired) electrons. The van der Waals surface area contributed by atoms with E-state index in [-0.39, 0.29) is 5.91 Å². The number of hydrogen-bond donors (Lipinski definition) is 0. The van der Waals surface area contributed by atoms with Gasteiger partial charge in [0.2, 0.25) is 0 Å². The number of hydrogen-bond acceptors (Lipinski definition) is 2. The van der Waals surface area contributed by atoms with E-state index in [4.69, 9.17) is 11.6 Å². The van der Waals surface area contributed by atoms with Crippen LogP contribution in [0.2, 0.25) is 5.15 Å². The first-order chi connectivity index (χ1) is 9.52. The monoisotopic (exact) mass is 290 g/mol. The van der Waals surface area contributed by atoms with Crippen molar-refractivity contribution in [2.75, 3.05) is 13.1 Å². The third-order valence-corrected chi connectivity index (χ3v) is 3.46. The molecule has 0 fully saturated rings. The molecule has 0 aliphatic carbocycles. The summed E-state index contributed by atoms with van der Waals surface area (Å²) in [4.78, 5) is 18.6. The first-order valence-corrected chi connectivity index (χ1v) is 7.25. The molecule has 1 aromatic heterocycles. The molecule has 1 aromatic carbocycles. The van der Waals surface area contributed by atoms with Crippen LogP contribution in [0, 0.1) is 5.92 Å². The van der Waals surface area contributed by atoms with Gasteiger partial charge in [0, 0.05) is 18.5 Å². The molecule has 0 saturated carbocycles. The van der Waals surface area contributed by atoms with Crippen molar-refractivity contribution in [3.8, 4) is 0 Å². The normalized spacial score (nSPS) is 11.1. The van der Waals surface area contributed by atoms with Gasteiger partial charge in [0.1, 0.15) is 10.8 Å². The van der Waals surface area contributed by atoms with E-state index < -0.39 is 0 Å². The number of halogens is 1. The highest BCUT2D eigenvalue weighted by Crippen LogP contribution is 2.23. The molecule has 106 valence electrons. The average molecular weight is 291 g/mol. The van der Waals surface area contributed by atoms with Gasteiger partial charge in [-0.05, 0) is 24.3 Å². The lowest BCUT2D eigenvalue weighted by Crippen LogP contribution is -2.34. The summed E-state index contributed by atoms with van der Waals surface area (Å²) in [6.45, 7) is 7.56. The Hall–Kier alpha value is -1.61. The molecule has 1 heterocycles. The van der Waals surface area contributed by atoms with Crippen molar-refractivity contribution in [3.05, 3.63) is 41.2 Å². The third-order valence-electron chi connectivity index (χ3n) is 3.17. The number of carbonyl (C=O) groups excluding carboxylic acids is 1. The molecule has 0 unspecified atom stereocenters. The van der Waals surface area contributed by atoms with Gasteiger partial charge in [-0.2, -0.15) is 0 Å². The van der Waals surface area contributed by atoms with Gasteiger partial charge in [-0.15, -0.1) is 0 Å². The van der Waals surface area contributed by atoms with E-state index in [1.165, 1.54) is 0 Å². The van der Waals surface area contributed by atoms with Crippen LogP contribution < -0.4 is 0 Å². The Kier molecular flexibility index (Phi) is 4.61. The van der Waals surface area contributed by atoms with Crippen LogP contribution in [0.25, 0.3) is 10.8 Å². The van der Waals surface area contributed by atoms with Gasteiger partial charge >= 0.3 is 0 Å². The molecule has 4 heteroatoms. The summed E-state index contributed by atoms with van der Waals surface area (Å²) in [5.41, 5.74) is 0.413. The summed E-state index contributed by atoms with van der Waals surface area (Å²) in [6.07, 6.45) is 0. The minimum atomic E-state index is -0.0612. The second-order valence-electron chi connectivity index (χ2n) is 5.26. The summed E-state index contributed by atoms with van der Waals surface area (Å²) in [6, 6.07) is 9.50. The molecule has 0 aliphatic rings. The maximum Gasteiger partial charge on any atom is 0.272 e. The first-order valence-electron chi connectivity index (χ1n) is 6.87. The minimum absolute atomic E-state index is 0.0612. The minimum Gasteiger partial charge on any atom is -0.337 e. The molecule has 0 saturated heterocycles. The van der Waals surface area contributed by atoms with Gasteiger partial charge in [0.25, 0.3) is 5.91 Å². The van der Waals surface area contributed by atoms with Crippen LogP contribution in [0.4, 0.5) is 0 Å². The van der Waals surface area contributed by atoms with Gasteiger partial charge in [-0.1, -0.05) is 49.7 Å². The molecule has 20 heavy (non-hydrogen) atoms. The zero-order valence-electron chi connectivity index (χ0n) is 12.1. The van der Waals surface area contributed by atoms with Crippen molar-refractivity contribution in [1.82, 2.24) is 9.88 Å². The van der Waals surface area contributed by atoms with E-state index in [0.717, 1.165) is 17.3 Å². The molecule has 0 aliphatic heterocycles. The van der Waals surface area contributed by atoms with Crippen LogP contribution >= 0.6 is 11.6 Å². The highest BCUT2D eigenvalue weighted by Gasteiger charge is 2.18. The van der Waals surface area contributed by atoms with E-state index in [1.54, 1.807) is 4.90 Å². The molecule has 2 rings (SSSR count). The summed E-state index contributed by atoms with van der Waals surface area (Å²) >= 11 is 6.18. The molecule has 0 spiro atoms. The lowest BCUT2D eigenvalue weighted by atomic mass is 10.1. The number of fused-ring (bicyclic) bond motifs is 1. The smallest absolute Gasteiger partial charge is 0.272 e. The third kappa shape index (κ3) is 3.10. The van der Waals surface area contributed by atoms with Crippen molar-refractivity contribution in [1.29, 1.82) is 0 Å². The van der Waals surface area contributed by atoms with Crippen LogP contribution in [-0.2, 0) is 0 Å². The zero-order valence-corrected chi connectivity index (χ0v) is 12.8. The molecule has 3 nitrogen and oxygen atoms in total. The van der Waals surface area contributed by atoms with Crippen molar-refractivity contribution in [2.24, 2.45) is 5.92 Å². The average Bonchev–Trinajstić information content (AvgIpc) is 2.43. The molecule has 0 N–H and O–H groups in total. The van der Waals surface area contributed by atoms with Crippen molar-refractivity contribution in [2.45, 2.75) is 20.8 Å². The number of benzene rings is 1. The number of aromatic nitrogens is 1. The Balaban J connectivity index is 2.39. The summed E-state index contributed by atoms with van der Waals surface area (Å²) < 4.78 is 0. The number of amides is 1. The summed E-state index contributed by atoms with van der Waals surface area (Å²) in [5.74, 6) is 0.365. The summed E-state index contributed by atoms with van der Waals surface area (Å²) in [5, 5.41) is 2.20. The van der Waals surface area contributed by atoms with E-state index in [1.807, 2.05) is 37.3 Å². The van der Waals surface area contributed by atoms with E-state index in [0.29, 0.717) is 23.3 Å². The van der Waals surface area contributed by atoms with Crippen LogP contribution in [0.5, 0.6) is 0 Å². The van der Waals surface area contributed by atoms with Gasteiger partial charge in [-0.3, -0.25) is 4.79 Å². The van der Waals surface area contributed by atoms with Crippen LogP contribution in [0.3, 0.4) is 0 Å². The Labute approximate surface area is 124 Å². The van der Waals surface area contributed by atoms with Gasteiger partial charge in [0.05, 0.1) is 0 Å². The van der Waals surface area contributed by atoms with Gasteiger partial charge in [-0.25, -0.2) is 4.98 Å². The molecule has 0 atom stereocenters. The van der Waals surface area contributed by atoms with Crippen LogP contribution in [-0.4, -0.2) is 28.9 Å². The second kappa shape index (κ2) is 6.23. The molecule has 0 bridgehead atoms. The highest BCUT2D eigenvalue weighted by atomic mass is 35.5. The van der Waals surface area contributed by atoms with Gasteiger partial charge in [0.15, 0.2) is 0 Å². The molecule has 1 amide bonds. The lowest BCUT2D eigenvalue weighted by molar-refractivity contribution is 0.0740. The van der Waals surface area contributed by atoms with Gasteiger partial charge < -0.3 is 4.90 Å². The number of nitrogens with zero attached hydrogens (tertiary/aromatic N) is 2. The molecular weight excluding hydrogens is 272 g/mol. The number of rotatable bonds is 4. The Morgan fingerprint density at radius 3 is 2.70 bits per heavy atom. The zero-order chi connectivity index (χ0) is 14.7. The maximum absolute atomic E-state index is 12.5. The SMILES string of the molecule is CCN(CC(C)C)C(=O)c1cc2ccccc2c(Cl)n1. The fourth-order valence-corrected chi connectivity index (χ4v) is 2.49. The Morgan fingerprint density at radius 2 is 2.05 bits per heavy atom.